The quantitative estimate of drug-likeness (QED) is 0.383. The minimum absolute atomic E-state index is 0.131. The zero-order valence-electron chi connectivity index (χ0n) is 21.9. The van der Waals surface area contributed by atoms with Gasteiger partial charge in [0, 0.05) is 35.9 Å². The van der Waals surface area contributed by atoms with Gasteiger partial charge in [-0.25, -0.2) is 8.78 Å². The third kappa shape index (κ3) is 5.65. The predicted octanol–water partition coefficient (Wildman–Crippen LogP) is 5.65. The molecule has 3 aromatic carbocycles. The van der Waals surface area contributed by atoms with Gasteiger partial charge in [0.1, 0.15) is 17.4 Å². The number of Topliss-reactive ketones (excluding diaryl/α,β-unsaturated/α-hetero) is 1. The van der Waals surface area contributed by atoms with Gasteiger partial charge in [0.15, 0.2) is 5.78 Å². The van der Waals surface area contributed by atoms with Gasteiger partial charge in [0.2, 0.25) is 5.91 Å². The number of anilines is 2. The van der Waals surface area contributed by atoms with E-state index in [2.05, 4.69) is 10.6 Å². The number of para-hydroxylation sites is 2. The summed E-state index contributed by atoms with van der Waals surface area (Å²) in [6, 6.07) is 16.6. The molecule has 5 rings (SSSR count). The Morgan fingerprint density at radius 2 is 1.82 bits per heavy atom. The summed E-state index contributed by atoms with van der Waals surface area (Å²) in [7, 11) is 0. The number of nitrogens with one attached hydrogen (secondary N) is 2. The lowest BCUT2D eigenvalue weighted by molar-refractivity contribution is -0.120. The Hall–Kier alpha value is -4.20. The van der Waals surface area contributed by atoms with Crippen molar-refractivity contribution in [2.24, 2.45) is 5.41 Å². The first-order valence-corrected chi connectivity index (χ1v) is 13.0. The second kappa shape index (κ2) is 10.5. The monoisotopic (exact) mass is 531 g/mol. The van der Waals surface area contributed by atoms with E-state index in [1.165, 1.54) is 12.1 Å². The first-order valence-electron chi connectivity index (χ1n) is 13.0. The van der Waals surface area contributed by atoms with Crippen molar-refractivity contribution in [3.63, 3.8) is 0 Å². The highest BCUT2D eigenvalue weighted by atomic mass is 19.1. The molecular formula is C31H31F2N3O3. The van der Waals surface area contributed by atoms with Gasteiger partial charge in [0.25, 0.3) is 0 Å². The summed E-state index contributed by atoms with van der Waals surface area (Å²) in [5.41, 5.74) is 3.21. The summed E-state index contributed by atoms with van der Waals surface area (Å²) in [5.74, 6) is -1.75. The number of amides is 1. The number of nitrogens with zero attached hydrogens (tertiary/aromatic N) is 1. The molecule has 1 aliphatic heterocycles. The first-order chi connectivity index (χ1) is 18.6. The number of allylic oxidation sites excluding steroid dienone is 1. The van der Waals surface area contributed by atoms with E-state index < -0.39 is 17.7 Å². The van der Waals surface area contributed by atoms with E-state index in [9.17, 15) is 19.1 Å². The Kier molecular flexibility index (Phi) is 7.12. The Bertz CT molecular complexity index is 1450. The van der Waals surface area contributed by atoms with Crippen LogP contribution in [0.2, 0.25) is 0 Å². The molecule has 0 aromatic heterocycles. The maximum Gasteiger partial charge on any atom is 0.239 e. The van der Waals surface area contributed by atoms with E-state index in [1.807, 2.05) is 38.1 Å². The molecule has 1 atom stereocenters. The van der Waals surface area contributed by atoms with Crippen molar-refractivity contribution >= 4 is 23.1 Å². The number of hydrogen-bond donors (Lipinski definition) is 3. The van der Waals surface area contributed by atoms with Crippen LogP contribution in [0.5, 0.6) is 5.75 Å². The lowest BCUT2D eigenvalue weighted by atomic mass is 9.73. The highest BCUT2D eigenvalue weighted by molar-refractivity contribution is 6.01. The number of benzene rings is 3. The van der Waals surface area contributed by atoms with Crippen LogP contribution in [0.4, 0.5) is 20.2 Å². The number of halogens is 2. The Labute approximate surface area is 226 Å². The van der Waals surface area contributed by atoms with E-state index in [0.29, 0.717) is 42.0 Å². The minimum Gasteiger partial charge on any atom is -0.508 e. The normalized spacial score (nSPS) is 18.1. The van der Waals surface area contributed by atoms with Crippen LogP contribution in [0.3, 0.4) is 0 Å². The van der Waals surface area contributed by atoms with Crippen LogP contribution in [0.1, 0.15) is 43.9 Å². The largest absolute Gasteiger partial charge is 0.508 e. The molecule has 0 radical (unpaired) electrons. The summed E-state index contributed by atoms with van der Waals surface area (Å²) >= 11 is 0. The van der Waals surface area contributed by atoms with Crippen LogP contribution in [0, 0.1) is 17.0 Å². The number of rotatable bonds is 6. The van der Waals surface area contributed by atoms with E-state index in [4.69, 9.17) is 0 Å². The van der Waals surface area contributed by atoms with Crippen LogP contribution in [-0.4, -0.2) is 29.9 Å². The summed E-state index contributed by atoms with van der Waals surface area (Å²) in [6.45, 7) is 4.23. The molecule has 0 spiro atoms. The molecule has 2 aliphatic rings. The van der Waals surface area contributed by atoms with Crippen molar-refractivity contribution in [3.8, 4) is 5.75 Å². The molecule has 3 aromatic rings. The van der Waals surface area contributed by atoms with Crippen molar-refractivity contribution in [1.82, 2.24) is 5.32 Å². The van der Waals surface area contributed by atoms with E-state index in [1.54, 1.807) is 29.2 Å². The fourth-order valence-electron chi connectivity index (χ4n) is 5.49. The van der Waals surface area contributed by atoms with Gasteiger partial charge in [-0.15, -0.1) is 0 Å². The minimum atomic E-state index is -0.928. The fraction of sp³-hybridized carbons (Fsp3) is 0.290. The second-order valence-corrected chi connectivity index (χ2v) is 10.9. The number of ketones is 1. The first kappa shape index (κ1) is 26.4. The number of hydrogen-bond acceptors (Lipinski definition) is 5. The number of phenolic OH excluding ortho intramolecular Hbond substituents is 1. The smallest absolute Gasteiger partial charge is 0.239 e. The van der Waals surface area contributed by atoms with Crippen molar-refractivity contribution in [2.75, 3.05) is 23.3 Å². The third-order valence-corrected chi connectivity index (χ3v) is 7.25. The van der Waals surface area contributed by atoms with Crippen LogP contribution in [0.25, 0.3) is 0 Å². The SMILES string of the molecule is CC1(C)CC(=O)C2=C(C1)Nc1ccccc1N(CC(=O)NCCc1ccc(O)cc1)C2c1ccc(F)cc1F. The lowest BCUT2D eigenvalue weighted by Gasteiger charge is -2.38. The maximum absolute atomic E-state index is 15.4. The summed E-state index contributed by atoms with van der Waals surface area (Å²) in [6.07, 6.45) is 1.40. The third-order valence-electron chi connectivity index (χ3n) is 7.25. The van der Waals surface area contributed by atoms with Gasteiger partial charge >= 0.3 is 0 Å². The average Bonchev–Trinajstić information content (AvgIpc) is 2.99. The topological polar surface area (TPSA) is 81.7 Å². The Balaban J connectivity index is 1.53. The molecule has 202 valence electrons. The van der Waals surface area contributed by atoms with Crippen molar-refractivity contribution < 1.29 is 23.5 Å². The van der Waals surface area contributed by atoms with Gasteiger partial charge < -0.3 is 20.6 Å². The number of carbonyl (C=O) groups excluding carboxylic acids is 2. The zero-order valence-corrected chi connectivity index (χ0v) is 21.9. The number of aromatic hydroxyl groups is 1. The van der Waals surface area contributed by atoms with E-state index >= 15 is 4.39 Å². The number of fused-ring (bicyclic) bond motifs is 1. The molecule has 6 nitrogen and oxygen atoms in total. The van der Waals surface area contributed by atoms with Crippen molar-refractivity contribution in [2.45, 2.75) is 39.2 Å². The Morgan fingerprint density at radius 3 is 2.56 bits per heavy atom. The van der Waals surface area contributed by atoms with Gasteiger partial charge in [-0.3, -0.25) is 9.59 Å². The summed E-state index contributed by atoms with van der Waals surface area (Å²) < 4.78 is 29.3. The van der Waals surface area contributed by atoms with E-state index in [-0.39, 0.29) is 41.4 Å². The van der Waals surface area contributed by atoms with Crippen LogP contribution < -0.4 is 15.5 Å². The van der Waals surface area contributed by atoms with Gasteiger partial charge in [-0.05, 0) is 54.2 Å². The summed E-state index contributed by atoms with van der Waals surface area (Å²) in [5, 5.41) is 15.8. The molecule has 8 heteroatoms. The fourth-order valence-corrected chi connectivity index (χ4v) is 5.49. The molecule has 39 heavy (non-hydrogen) atoms. The summed E-state index contributed by atoms with van der Waals surface area (Å²) in [4.78, 5) is 28.7. The van der Waals surface area contributed by atoms with E-state index in [0.717, 1.165) is 11.6 Å². The molecular weight excluding hydrogens is 500 g/mol. The second-order valence-electron chi connectivity index (χ2n) is 10.9. The van der Waals surface area contributed by atoms with Gasteiger partial charge in [-0.1, -0.05) is 44.2 Å². The van der Waals surface area contributed by atoms with Gasteiger partial charge in [0.05, 0.1) is 24.0 Å². The van der Waals surface area contributed by atoms with Crippen LogP contribution in [-0.2, 0) is 16.0 Å². The predicted molar refractivity (Wildman–Crippen MR) is 146 cm³/mol. The lowest BCUT2D eigenvalue weighted by Crippen LogP contribution is -2.42. The number of carbonyl (C=O) groups is 2. The molecule has 0 fully saturated rings. The highest BCUT2D eigenvalue weighted by Crippen LogP contribution is 2.48. The number of phenols is 1. The van der Waals surface area contributed by atoms with Gasteiger partial charge in [-0.2, -0.15) is 0 Å². The zero-order chi connectivity index (χ0) is 27.7. The highest BCUT2D eigenvalue weighted by Gasteiger charge is 2.42. The Morgan fingerprint density at radius 1 is 1.08 bits per heavy atom. The molecule has 3 N–H and O–H groups in total. The van der Waals surface area contributed by atoms with Crippen molar-refractivity contribution in [1.29, 1.82) is 0 Å². The molecule has 0 saturated carbocycles. The standard InChI is InChI=1S/C31H31F2N3O3/c1-31(2)16-25-29(27(38)17-31)30(22-12-9-20(32)15-23(22)33)36(26-6-4-3-5-24(26)35-25)18-28(39)34-14-13-19-7-10-21(37)11-8-19/h3-12,15,30,35,37H,13-14,16-18H2,1-2H3,(H,34,39). The molecule has 1 unspecified atom stereocenters. The maximum atomic E-state index is 15.4. The molecule has 1 amide bonds. The molecule has 0 saturated heterocycles. The van der Waals surface area contributed by atoms with Crippen LogP contribution >= 0.6 is 0 Å². The van der Waals surface area contributed by atoms with Crippen molar-refractivity contribution in [3.05, 3.63) is 101 Å². The molecule has 0 bridgehead atoms. The average molecular weight is 532 g/mol. The molecule has 1 heterocycles. The molecule has 1 aliphatic carbocycles. The van der Waals surface area contributed by atoms with Crippen LogP contribution in [0.15, 0.2) is 78.0 Å².